The summed E-state index contributed by atoms with van der Waals surface area (Å²) in [5.41, 5.74) is 2.74. The number of aliphatic imine (C=N–C) groups is 1. The Morgan fingerprint density at radius 2 is 1.81 bits per heavy atom. The third kappa shape index (κ3) is 2.76. The second-order valence-corrected chi connectivity index (χ2v) is 4.19. The van der Waals surface area contributed by atoms with E-state index in [2.05, 4.69) is 25.9 Å². The third-order valence-electron chi connectivity index (χ3n) is 2.14. The molecule has 0 aliphatic carbocycles. The smallest absolute Gasteiger partial charge is 0.106 e. The van der Waals surface area contributed by atoms with Crippen LogP contribution in [0.3, 0.4) is 0 Å². The molecule has 2 aromatic rings. The fourth-order valence-corrected chi connectivity index (χ4v) is 1.71. The molecule has 1 heterocycles. The first-order valence-electron chi connectivity index (χ1n) is 4.99. The van der Waals surface area contributed by atoms with Gasteiger partial charge in [-0.05, 0) is 47.1 Å². The van der Waals surface area contributed by atoms with E-state index in [4.69, 9.17) is 0 Å². The number of rotatable bonds is 2. The largest absolute Gasteiger partial charge is 0.252 e. The summed E-state index contributed by atoms with van der Waals surface area (Å²) >= 11 is 3.35. The Kier molecular flexibility index (Phi) is 3.47. The van der Waals surface area contributed by atoms with E-state index in [0.717, 1.165) is 21.7 Å². The standard InChI is InChI=1S/C13H11BrN2/c1-10(12-8-5-9-13(14)16-12)15-11-6-3-2-4-7-11/h2-9H,1H3. The Bertz CT molecular complexity index is 506. The molecule has 0 amide bonds. The first-order valence-corrected chi connectivity index (χ1v) is 5.78. The molecule has 0 N–H and O–H groups in total. The van der Waals surface area contributed by atoms with Gasteiger partial charge in [-0.15, -0.1) is 0 Å². The number of para-hydroxylation sites is 1. The second kappa shape index (κ2) is 5.03. The summed E-state index contributed by atoms with van der Waals surface area (Å²) in [6, 6.07) is 15.7. The van der Waals surface area contributed by atoms with Gasteiger partial charge in [-0.1, -0.05) is 24.3 Å². The van der Waals surface area contributed by atoms with Crippen molar-refractivity contribution >= 4 is 27.3 Å². The monoisotopic (exact) mass is 274 g/mol. The van der Waals surface area contributed by atoms with Gasteiger partial charge in [0.2, 0.25) is 0 Å². The van der Waals surface area contributed by atoms with Crippen LogP contribution in [0.25, 0.3) is 0 Å². The molecule has 2 nitrogen and oxygen atoms in total. The van der Waals surface area contributed by atoms with Gasteiger partial charge in [0.1, 0.15) is 4.60 Å². The molecule has 16 heavy (non-hydrogen) atoms. The number of hydrogen-bond acceptors (Lipinski definition) is 2. The van der Waals surface area contributed by atoms with Crippen molar-refractivity contribution < 1.29 is 0 Å². The summed E-state index contributed by atoms with van der Waals surface area (Å²) in [7, 11) is 0. The molecule has 0 atom stereocenters. The molecular formula is C13H11BrN2. The van der Waals surface area contributed by atoms with Crippen LogP contribution in [0.5, 0.6) is 0 Å². The Labute approximate surface area is 103 Å². The van der Waals surface area contributed by atoms with Crippen LogP contribution < -0.4 is 0 Å². The Morgan fingerprint density at radius 3 is 2.50 bits per heavy atom. The average molecular weight is 275 g/mol. The maximum Gasteiger partial charge on any atom is 0.106 e. The quantitative estimate of drug-likeness (QED) is 0.601. The number of halogens is 1. The van der Waals surface area contributed by atoms with Crippen molar-refractivity contribution in [2.24, 2.45) is 4.99 Å². The van der Waals surface area contributed by atoms with Crippen molar-refractivity contribution in [1.29, 1.82) is 0 Å². The highest BCUT2D eigenvalue weighted by Gasteiger charge is 1.99. The molecule has 0 fully saturated rings. The van der Waals surface area contributed by atoms with Crippen molar-refractivity contribution in [1.82, 2.24) is 4.98 Å². The predicted octanol–water partition coefficient (Wildman–Crippen LogP) is 3.98. The normalized spacial score (nSPS) is 11.5. The summed E-state index contributed by atoms with van der Waals surface area (Å²) < 4.78 is 0.826. The molecule has 0 saturated heterocycles. The Balaban J connectivity index is 2.32. The molecule has 80 valence electrons. The molecule has 1 aromatic carbocycles. The van der Waals surface area contributed by atoms with E-state index < -0.39 is 0 Å². The van der Waals surface area contributed by atoms with E-state index in [1.807, 2.05) is 55.5 Å². The minimum absolute atomic E-state index is 0.826. The molecular weight excluding hydrogens is 264 g/mol. The lowest BCUT2D eigenvalue weighted by Gasteiger charge is -2.00. The van der Waals surface area contributed by atoms with Crippen LogP contribution in [0.2, 0.25) is 0 Å². The van der Waals surface area contributed by atoms with Gasteiger partial charge in [-0.25, -0.2) is 4.98 Å². The van der Waals surface area contributed by atoms with E-state index in [1.165, 1.54) is 0 Å². The highest BCUT2D eigenvalue weighted by atomic mass is 79.9. The topological polar surface area (TPSA) is 25.2 Å². The lowest BCUT2D eigenvalue weighted by Crippen LogP contribution is -1.97. The van der Waals surface area contributed by atoms with Gasteiger partial charge >= 0.3 is 0 Å². The van der Waals surface area contributed by atoms with E-state index in [-0.39, 0.29) is 0 Å². The van der Waals surface area contributed by atoms with Crippen molar-refractivity contribution in [3.05, 3.63) is 58.8 Å². The molecule has 0 radical (unpaired) electrons. The molecule has 3 heteroatoms. The zero-order valence-corrected chi connectivity index (χ0v) is 10.5. The summed E-state index contributed by atoms with van der Waals surface area (Å²) in [6.45, 7) is 1.96. The molecule has 0 bridgehead atoms. The number of benzene rings is 1. The average Bonchev–Trinajstić information content (AvgIpc) is 2.30. The summed E-state index contributed by atoms with van der Waals surface area (Å²) in [4.78, 5) is 8.86. The molecule has 0 aliphatic rings. The van der Waals surface area contributed by atoms with Crippen molar-refractivity contribution in [2.75, 3.05) is 0 Å². The maximum absolute atomic E-state index is 4.50. The molecule has 0 saturated carbocycles. The van der Waals surface area contributed by atoms with E-state index in [9.17, 15) is 0 Å². The minimum Gasteiger partial charge on any atom is -0.252 e. The number of aromatic nitrogens is 1. The zero-order valence-electron chi connectivity index (χ0n) is 8.89. The maximum atomic E-state index is 4.50. The van der Waals surface area contributed by atoms with Crippen LogP contribution in [0.4, 0.5) is 5.69 Å². The van der Waals surface area contributed by atoms with Crippen molar-refractivity contribution in [3.63, 3.8) is 0 Å². The van der Waals surface area contributed by atoms with E-state index in [1.54, 1.807) is 0 Å². The molecule has 0 aliphatic heterocycles. The third-order valence-corrected chi connectivity index (χ3v) is 2.58. The number of pyridine rings is 1. The van der Waals surface area contributed by atoms with Crippen molar-refractivity contribution in [3.8, 4) is 0 Å². The van der Waals surface area contributed by atoms with E-state index in [0.29, 0.717) is 0 Å². The van der Waals surface area contributed by atoms with Crippen LogP contribution in [-0.2, 0) is 0 Å². The van der Waals surface area contributed by atoms with Gasteiger partial charge in [0.05, 0.1) is 17.1 Å². The van der Waals surface area contributed by atoms with Crippen LogP contribution in [0.15, 0.2) is 58.1 Å². The highest BCUT2D eigenvalue weighted by Crippen LogP contribution is 2.13. The minimum atomic E-state index is 0.826. The second-order valence-electron chi connectivity index (χ2n) is 3.38. The van der Waals surface area contributed by atoms with Gasteiger partial charge in [0.15, 0.2) is 0 Å². The number of nitrogens with zero attached hydrogens (tertiary/aromatic N) is 2. The van der Waals surface area contributed by atoms with E-state index >= 15 is 0 Å². The Morgan fingerprint density at radius 1 is 1.06 bits per heavy atom. The molecule has 2 rings (SSSR count). The van der Waals surface area contributed by atoms with Crippen molar-refractivity contribution in [2.45, 2.75) is 6.92 Å². The lowest BCUT2D eigenvalue weighted by atomic mass is 10.2. The fourth-order valence-electron chi connectivity index (χ4n) is 1.36. The summed E-state index contributed by atoms with van der Waals surface area (Å²) in [5, 5.41) is 0. The lowest BCUT2D eigenvalue weighted by molar-refractivity contribution is 1.23. The first kappa shape index (κ1) is 11.0. The summed E-state index contributed by atoms with van der Waals surface area (Å²) in [5.74, 6) is 0. The van der Waals surface area contributed by atoms with Gasteiger partial charge in [0, 0.05) is 0 Å². The highest BCUT2D eigenvalue weighted by molar-refractivity contribution is 9.10. The van der Waals surface area contributed by atoms with Crippen LogP contribution in [-0.4, -0.2) is 10.7 Å². The zero-order chi connectivity index (χ0) is 11.4. The molecule has 0 unspecified atom stereocenters. The van der Waals surface area contributed by atoms with Gasteiger partial charge in [-0.3, -0.25) is 4.99 Å². The number of hydrogen-bond donors (Lipinski definition) is 0. The van der Waals surface area contributed by atoms with Crippen LogP contribution >= 0.6 is 15.9 Å². The Hall–Kier alpha value is -1.48. The fraction of sp³-hybridized carbons (Fsp3) is 0.0769. The first-order chi connectivity index (χ1) is 7.75. The SMILES string of the molecule is CC(=Nc1ccccc1)c1cccc(Br)n1. The van der Waals surface area contributed by atoms with Crippen LogP contribution in [0, 0.1) is 0 Å². The van der Waals surface area contributed by atoms with Gasteiger partial charge in [-0.2, -0.15) is 0 Å². The van der Waals surface area contributed by atoms with Gasteiger partial charge < -0.3 is 0 Å². The summed E-state index contributed by atoms with van der Waals surface area (Å²) in [6.07, 6.45) is 0. The predicted molar refractivity (Wildman–Crippen MR) is 70.3 cm³/mol. The van der Waals surface area contributed by atoms with Gasteiger partial charge in [0.25, 0.3) is 0 Å². The van der Waals surface area contributed by atoms with Crippen LogP contribution in [0.1, 0.15) is 12.6 Å². The molecule has 1 aromatic heterocycles. The molecule has 0 spiro atoms.